The van der Waals surface area contributed by atoms with Gasteiger partial charge in [0.2, 0.25) is 5.91 Å². The van der Waals surface area contributed by atoms with Crippen LogP contribution >= 0.6 is 0 Å². The van der Waals surface area contributed by atoms with E-state index in [2.05, 4.69) is 22.5 Å². The van der Waals surface area contributed by atoms with Crippen LogP contribution in [0.3, 0.4) is 0 Å². The van der Waals surface area contributed by atoms with Gasteiger partial charge in [-0.05, 0) is 52.1 Å². The van der Waals surface area contributed by atoms with Crippen LogP contribution in [0.5, 0.6) is 5.75 Å². The van der Waals surface area contributed by atoms with Crippen molar-refractivity contribution in [1.82, 2.24) is 15.1 Å². The molecule has 33 heavy (non-hydrogen) atoms. The number of amides is 3. The minimum atomic E-state index is -0.274. The maximum atomic E-state index is 13.2. The summed E-state index contributed by atoms with van der Waals surface area (Å²) < 4.78 is 6.42. The van der Waals surface area contributed by atoms with Gasteiger partial charge in [0.1, 0.15) is 11.9 Å². The molecule has 0 bridgehead atoms. The van der Waals surface area contributed by atoms with E-state index >= 15 is 0 Å². The Morgan fingerprint density at radius 2 is 2.00 bits per heavy atom. The Hall–Kier alpha value is -2.32. The number of anilines is 1. The highest BCUT2D eigenvalue weighted by molar-refractivity contribution is 5.90. The number of nitrogens with zero attached hydrogens (tertiary/aromatic N) is 2. The number of urea groups is 1. The lowest BCUT2D eigenvalue weighted by atomic mass is 9.96. The molecule has 8 nitrogen and oxygen atoms in total. The van der Waals surface area contributed by atoms with E-state index in [0.29, 0.717) is 24.5 Å². The van der Waals surface area contributed by atoms with Crippen LogP contribution in [-0.2, 0) is 11.2 Å². The lowest BCUT2D eigenvalue weighted by Crippen LogP contribution is -2.47. The summed E-state index contributed by atoms with van der Waals surface area (Å²) in [6, 6.07) is 5.24. The number of carbonyl (C=O) groups is 2. The number of ether oxygens (including phenoxy) is 1. The maximum Gasteiger partial charge on any atom is 0.319 e. The van der Waals surface area contributed by atoms with Crippen LogP contribution in [0, 0.1) is 5.92 Å². The Bertz CT molecular complexity index is 810. The lowest BCUT2D eigenvalue weighted by Gasteiger charge is -2.33. The zero-order chi connectivity index (χ0) is 24.0. The van der Waals surface area contributed by atoms with E-state index in [1.54, 1.807) is 4.90 Å². The number of nitrogens with one attached hydrogen (secondary N) is 2. The minimum Gasteiger partial charge on any atom is -0.488 e. The van der Waals surface area contributed by atoms with Crippen molar-refractivity contribution in [3.8, 4) is 5.75 Å². The Morgan fingerprint density at radius 3 is 2.67 bits per heavy atom. The quantitative estimate of drug-likeness (QED) is 0.607. The highest BCUT2D eigenvalue weighted by Gasteiger charge is 2.30. The summed E-state index contributed by atoms with van der Waals surface area (Å²) in [7, 11) is 4.00. The molecule has 1 aliphatic heterocycles. The van der Waals surface area contributed by atoms with Gasteiger partial charge in [-0.25, -0.2) is 4.79 Å². The summed E-state index contributed by atoms with van der Waals surface area (Å²) in [6.45, 7) is 5.07. The molecule has 3 N–H and O–H groups in total. The van der Waals surface area contributed by atoms with E-state index in [1.807, 2.05) is 39.2 Å². The molecular formula is C25H40N4O4. The smallest absolute Gasteiger partial charge is 0.319 e. The van der Waals surface area contributed by atoms with Crippen LogP contribution < -0.4 is 15.4 Å². The third-order valence-corrected chi connectivity index (χ3v) is 6.66. The lowest BCUT2D eigenvalue weighted by molar-refractivity contribution is -0.134. The highest BCUT2D eigenvalue weighted by Crippen LogP contribution is 2.29. The standard InChI is InChI=1S/C25H40N4O4/c1-17-14-29(18(2)16-30)24(31)13-19-12-21(10-11-22(19)33-23(17)15-28(3)4)27-25(32)26-20-8-6-5-7-9-20/h10-12,17-18,20,23,30H,5-9,13-16H2,1-4H3,(H2,26,27,32)/t17-,18+,23-/m1/s1. The number of benzene rings is 1. The monoisotopic (exact) mass is 460 g/mol. The summed E-state index contributed by atoms with van der Waals surface area (Å²) in [5.41, 5.74) is 1.38. The van der Waals surface area contributed by atoms with Crippen molar-refractivity contribution >= 4 is 17.6 Å². The summed E-state index contributed by atoms with van der Waals surface area (Å²) in [5, 5.41) is 15.7. The van der Waals surface area contributed by atoms with Crippen molar-refractivity contribution in [2.75, 3.05) is 39.1 Å². The van der Waals surface area contributed by atoms with Crippen LogP contribution in [0.4, 0.5) is 10.5 Å². The van der Waals surface area contributed by atoms with Crippen molar-refractivity contribution < 1.29 is 19.4 Å². The molecule has 0 unspecified atom stereocenters. The third-order valence-electron chi connectivity index (χ3n) is 6.66. The van der Waals surface area contributed by atoms with Gasteiger partial charge in [0, 0.05) is 36.3 Å². The van der Waals surface area contributed by atoms with Crippen molar-refractivity contribution in [1.29, 1.82) is 0 Å². The van der Waals surface area contributed by atoms with Gasteiger partial charge < -0.3 is 30.3 Å². The molecule has 2 aliphatic rings. The second-order valence-corrected chi connectivity index (χ2v) is 9.91. The fourth-order valence-electron chi connectivity index (χ4n) is 4.68. The molecule has 1 aliphatic carbocycles. The van der Waals surface area contributed by atoms with Crippen molar-refractivity contribution in [2.45, 2.75) is 70.6 Å². The second kappa shape index (κ2) is 11.7. The first-order valence-corrected chi connectivity index (χ1v) is 12.2. The number of likely N-dealkylation sites (N-methyl/N-ethyl adjacent to an activating group) is 1. The topological polar surface area (TPSA) is 94.1 Å². The van der Waals surface area contributed by atoms with Crippen LogP contribution in [0.2, 0.25) is 0 Å². The number of carbonyl (C=O) groups excluding carboxylic acids is 2. The molecule has 8 heteroatoms. The van der Waals surface area contributed by atoms with Gasteiger partial charge >= 0.3 is 6.03 Å². The predicted molar refractivity (Wildman–Crippen MR) is 130 cm³/mol. The fraction of sp³-hybridized carbons (Fsp3) is 0.680. The summed E-state index contributed by atoms with van der Waals surface area (Å²) in [6.07, 6.45) is 5.61. The summed E-state index contributed by atoms with van der Waals surface area (Å²) in [4.78, 5) is 29.6. The third kappa shape index (κ3) is 7.08. The molecule has 1 heterocycles. The molecule has 0 saturated heterocycles. The summed E-state index contributed by atoms with van der Waals surface area (Å²) >= 11 is 0. The van der Waals surface area contributed by atoms with Gasteiger partial charge in [0.05, 0.1) is 19.1 Å². The molecule has 1 aromatic carbocycles. The van der Waals surface area contributed by atoms with E-state index in [9.17, 15) is 14.7 Å². The molecule has 3 atom stereocenters. The molecule has 1 fully saturated rings. The van der Waals surface area contributed by atoms with E-state index in [1.165, 1.54) is 6.42 Å². The zero-order valence-corrected chi connectivity index (χ0v) is 20.5. The number of aliphatic hydroxyl groups is 1. The number of fused-ring (bicyclic) bond motifs is 1. The second-order valence-electron chi connectivity index (χ2n) is 9.91. The van der Waals surface area contributed by atoms with Gasteiger partial charge in [0.15, 0.2) is 0 Å². The highest BCUT2D eigenvalue weighted by atomic mass is 16.5. The molecule has 1 saturated carbocycles. The molecule has 1 aromatic rings. The van der Waals surface area contributed by atoms with E-state index in [0.717, 1.165) is 31.2 Å². The van der Waals surface area contributed by atoms with Gasteiger partial charge in [-0.3, -0.25) is 4.79 Å². The van der Waals surface area contributed by atoms with Gasteiger partial charge in [-0.15, -0.1) is 0 Å². The molecular weight excluding hydrogens is 420 g/mol. The average molecular weight is 461 g/mol. The number of aliphatic hydroxyl groups excluding tert-OH is 1. The van der Waals surface area contributed by atoms with E-state index in [-0.39, 0.29) is 49.1 Å². The number of hydrogen-bond donors (Lipinski definition) is 3. The SMILES string of the molecule is C[C@@H]1CN([C@@H](C)CO)C(=O)Cc2cc(NC(=O)NC3CCCCC3)ccc2O[C@@H]1CN(C)C. The van der Waals surface area contributed by atoms with Crippen LogP contribution in [-0.4, -0.2) is 78.8 Å². The Labute approximate surface area is 197 Å². The Balaban J connectivity index is 1.82. The summed E-state index contributed by atoms with van der Waals surface area (Å²) in [5.74, 6) is 0.691. The normalized spacial score (nSPS) is 23.1. The van der Waals surface area contributed by atoms with Gasteiger partial charge in [-0.1, -0.05) is 26.2 Å². The van der Waals surface area contributed by atoms with E-state index in [4.69, 9.17) is 4.74 Å². The minimum absolute atomic E-state index is 0.0532. The first-order valence-electron chi connectivity index (χ1n) is 12.2. The fourth-order valence-corrected chi connectivity index (χ4v) is 4.68. The van der Waals surface area contributed by atoms with E-state index < -0.39 is 0 Å². The van der Waals surface area contributed by atoms with Crippen molar-refractivity contribution in [2.24, 2.45) is 5.92 Å². The van der Waals surface area contributed by atoms with Crippen LogP contribution in [0.25, 0.3) is 0 Å². The molecule has 3 amide bonds. The van der Waals surface area contributed by atoms with Crippen LogP contribution in [0.15, 0.2) is 18.2 Å². The molecule has 184 valence electrons. The maximum absolute atomic E-state index is 13.2. The first kappa shape index (κ1) is 25.3. The van der Waals surface area contributed by atoms with Crippen LogP contribution in [0.1, 0.15) is 51.5 Å². The predicted octanol–water partition coefficient (Wildman–Crippen LogP) is 2.85. The number of hydrogen-bond acceptors (Lipinski definition) is 5. The first-order chi connectivity index (χ1) is 15.8. The molecule has 0 radical (unpaired) electrons. The Morgan fingerprint density at radius 1 is 1.27 bits per heavy atom. The van der Waals surface area contributed by atoms with Gasteiger partial charge in [-0.2, -0.15) is 0 Å². The molecule has 3 rings (SSSR count). The van der Waals surface area contributed by atoms with Gasteiger partial charge in [0.25, 0.3) is 0 Å². The average Bonchev–Trinajstić information content (AvgIpc) is 2.82. The Kier molecular flexibility index (Phi) is 8.97. The number of rotatable bonds is 6. The van der Waals surface area contributed by atoms with Crippen molar-refractivity contribution in [3.63, 3.8) is 0 Å². The molecule has 0 spiro atoms. The molecule has 0 aromatic heterocycles. The largest absolute Gasteiger partial charge is 0.488 e. The zero-order valence-electron chi connectivity index (χ0n) is 20.5. The van der Waals surface area contributed by atoms with Crippen molar-refractivity contribution in [3.05, 3.63) is 23.8 Å².